The number of nitrogens with zero attached hydrogens (tertiary/aromatic N) is 1. The van der Waals surface area contributed by atoms with E-state index in [9.17, 15) is 4.79 Å². The Kier molecular flexibility index (Phi) is 5.81. The average Bonchev–Trinajstić information content (AvgIpc) is 3.04. The molecule has 1 amide bonds. The van der Waals surface area contributed by atoms with Gasteiger partial charge >= 0.3 is 0 Å². The van der Waals surface area contributed by atoms with Crippen molar-refractivity contribution in [3.05, 3.63) is 28.8 Å². The van der Waals surface area contributed by atoms with E-state index < -0.39 is 0 Å². The molecular formula is C20H26N2O3S. The van der Waals surface area contributed by atoms with Crippen molar-refractivity contribution in [2.45, 2.75) is 45.6 Å². The first-order chi connectivity index (χ1) is 12.5. The summed E-state index contributed by atoms with van der Waals surface area (Å²) in [5.74, 6) is 1.85. The Balaban J connectivity index is 1.81. The molecule has 0 saturated heterocycles. The molecule has 1 fully saturated rings. The van der Waals surface area contributed by atoms with Crippen LogP contribution in [-0.2, 0) is 0 Å². The van der Waals surface area contributed by atoms with Crippen molar-refractivity contribution < 1.29 is 14.3 Å². The smallest absolute Gasteiger partial charge is 0.263 e. The third kappa shape index (κ3) is 3.85. The molecule has 0 spiro atoms. The van der Waals surface area contributed by atoms with Crippen LogP contribution in [0.1, 0.15) is 48.0 Å². The molecule has 140 valence electrons. The number of rotatable bonds is 5. The highest BCUT2D eigenvalue weighted by atomic mass is 32.1. The zero-order valence-corrected chi connectivity index (χ0v) is 16.6. The van der Waals surface area contributed by atoms with Gasteiger partial charge in [0.05, 0.1) is 19.9 Å². The van der Waals surface area contributed by atoms with Gasteiger partial charge in [0.2, 0.25) is 0 Å². The molecule has 5 nitrogen and oxygen atoms in total. The minimum absolute atomic E-state index is 0.00882. The van der Waals surface area contributed by atoms with Crippen LogP contribution in [0.5, 0.6) is 11.5 Å². The van der Waals surface area contributed by atoms with Gasteiger partial charge in [-0.2, -0.15) is 0 Å². The number of carbonyl (C=O) groups is 1. The van der Waals surface area contributed by atoms with E-state index in [1.807, 2.05) is 25.1 Å². The maximum atomic E-state index is 12.8. The molecule has 0 radical (unpaired) electrons. The Morgan fingerprint density at radius 3 is 2.62 bits per heavy atom. The van der Waals surface area contributed by atoms with Crippen molar-refractivity contribution in [2.24, 2.45) is 5.92 Å². The summed E-state index contributed by atoms with van der Waals surface area (Å²) in [6.07, 6.45) is 4.70. The second kappa shape index (κ2) is 8.08. The molecule has 0 bridgehead atoms. The van der Waals surface area contributed by atoms with Gasteiger partial charge in [-0.3, -0.25) is 4.79 Å². The lowest BCUT2D eigenvalue weighted by molar-refractivity contribution is 0.0913. The Labute approximate surface area is 158 Å². The van der Waals surface area contributed by atoms with Crippen LogP contribution in [0.2, 0.25) is 0 Å². The Morgan fingerprint density at radius 1 is 1.19 bits per heavy atom. The third-order valence-electron chi connectivity index (χ3n) is 5.06. The SMILES string of the molecule is COc1ccc(-c2nc(C)c(C(=O)NC3CCCCC3C)s2)cc1OC. The fourth-order valence-electron chi connectivity index (χ4n) is 3.46. The topological polar surface area (TPSA) is 60.5 Å². The zero-order valence-electron chi connectivity index (χ0n) is 15.8. The largest absolute Gasteiger partial charge is 0.493 e. The Hall–Kier alpha value is -2.08. The predicted octanol–water partition coefficient (Wildman–Crippen LogP) is 4.44. The van der Waals surface area contributed by atoms with E-state index in [1.165, 1.54) is 30.6 Å². The molecule has 1 aliphatic carbocycles. The predicted molar refractivity (Wildman–Crippen MR) is 104 cm³/mol. The van der Waals surface area contributed by atoms with Crippen LogP contribution in [0, 0.1) is 12.8 Å². The second-order valence-electron chi connectivity index (χ2n) is 6.85. The highest BCUT2D eigenvalue weighted by molar-refractivity contribution is 7.17. The van der Waals surface area contributed by atoms with E-state index in [0.29, 0.717) is 22.3 Å². The lowest BCUT2D eigenvalue weighted by Gasteiger charge is -2.29. The van der Waals surface area contributed by atoms with Gasteiger partial charge in [-0.25, -0.2) is 4.98 Å². The number of thiazole rings is 1. The molecule has 1 N–H and O–H groups in total. The van der Waals surface area contributed by atoms with Gasteiger partial charge in [-0.1, -0.05) is 19.8 Å². The van der Waals surface area contributed by atoms with Crippen LogP contribution in [-0.4, -0.2) is 31.2 Å². The van der Waals surface area contributed by atoms with Crippen LogP contribution in [0.3, 0.4) is 0 Å². The molecule has 1 aromatic carbocycles. The van der Waals surface area contributed by atoms with Gasteiger partial charge in [0.1, 0.15) is 9.88 Å². The van der Waals surface area contributed by atoms with Gasteiger partial charge in [0, 0.05) is 11.6 Å². The number of hydrogen-bond donors (Lipinski definition) is 1. The van der Waals surface area contributed by atoms with Crippen molar-refractivity contribution in [3.63, 3.8) is 0 Å². The first kappa shape index (κ1) is 18.7. The first-order valence-electron chi connectivity index (χ1n) is 9.04. The minimum Gasteiger partial charge on any atom is -0.493 e. The standard InChI is InChI=1S/C20H26N2O3S/c1-12-7-5-6-8-15(12)22-19(23)18-13(2)21-20(26-18)14-9-10-16(24-3)17(11-14)25-4/h9-12,15H,5-8H2,1-4H3,(H,22,23). The maximum Gasteiger partial charge on any atom is 0.263 e. The number of ether oxygens (including phenoxy) is 2. The number of nitrogens with one attached hydrogen (secondary N) is 1. The van der Waals surface area contributed by atoms with E-state index in [2.05, 4.69) is 17.2 Å². The second-order valence-corrected chi connectivity index (χ2v) is 7.84. The Bertz CT molecular complexity index is 787. The molecule has 2 aromatic rings. The molecular weight excluding hydrogens is 348 g/mol. The Morgan fingerprint density at radius 2 is 1.92 bits per heavy atom. The van der Waals surface area contributed by atoms with E-state index >= 15 is 0 Å². The van der Waals surface area contributed by atoms with Crippen molar-refractivity contribution in [1.29, 1.82) is 0 Å². The minimum atomic E-state index is -0.00882. The van der Waals surface area contributed by atoms with Gasteiger partial charge in [0.25, 0.3) is 5.91 Å². The highest BCUT2D eigenvalue weighted by Gasteiger charge is 2.25. The van der Waals surface area contributed by atoms with Crippen LogP contribution < -0.4 is 14.8 Å². The first-order valence-corrected chi connectivity index (χ1v) is 9.85. The van der Waals surface area contributed by atoms with Gasteiger partial charge in [-0.05, 0) is 43.9 Å². The zero-order chi connectivity index (χ0) is 18.7. The third-order valence-corrected chi connectivity index (χ3v) is 6.27. The number of aryl methyl sites for hydroxylation is 1. The fraction of sp³-hybridized carbons (Fsp3) is 0.500. The van der Waals surface area contributed by atoms with Crippen LogP contribution in [0.4, 0.5) is 0 Å². The van der Waals surface area contributed by atoms with Crippen molar-refractivity contribution in [3.8, 4) is 22.1 Å². The summed E-state index contributed by atoms with van der Waals surface area (Å²) in [5, 5.41) is 4.03. The lowest BCUT2D eigenvalue weighted by atomic mass is 9.86. The number of hydrogen-bond acceptors (Lipinski definition) is 5. The van der Waals surface area contributed by atoms with Crippen molar-refractivity contribution >= 4 is 17.2 Å². The fourth-order valence-corrected chi connectivity index (χ4v) is 4.43. The maximum absolute atomic E-state index is 12.8. The average molecular weight is 375 g/mol. The molecule has 2 atom stereocenters. The van der Waals surface area contributed by atoms with Gasteiger partial charge in [0.15, 0.2) is 11.5 Å². The van der Waals surface area contributed by atoms with Crippen LogP contribution in [0.25, 0.3) is 10.6 Å². The summed E-state index contributed by atoms with van der Waals surface area (Å²) in [6.45, 7) is 4.11. The quantitative estimate of drug-likeness (QED) is 0.840. The summed E-state index contributed by atoms with van der Waals surface area (Å²) >= 11 is 1.42. The van der Waals surface area contributed by atoms with Crippen molar-refractivity contribution in [2.75, 3.05) is 14.2 Å². The number of aromatic nitrogens is 1. The molecule has 2 unspecified atom stereocenters. The number of benzene rings is 1. The molecule has 1 aromatic heterocycles. The van der Waals surface area contributed by atoms with E-state index in [0.717, 1.165) is 22.7 Å². The molecule has 1 saturated carbocycles. The van der Waals surface area contributed by atoms with Crippen LogP contribution in [0.15, 0.2) is 18.2 Å². The summed E-state index contributed by atoms with van der Waals surface area (Å²) in [5.41, 5.74) is 1.68. The normalized spacial score (nSPS) is 19.8. The molecule has 6 heteroatoms. The van der Waals surface area contributed by atoms with Crippen LogP contribution >= 0.6 is 11.3 Å². The molecule has 3 rings (SSSR count). The van der Waals surface area contributed by atoms with E-state index in [-0.39, 0.29) is 11.9 Å². The number of amides is 1. The summed E-state index contributed by atoms with van der Waals surface area (Å²) in [6, 6.07) is 5.95. The van der Waals surface area contributed by atoms with E-state index in [4.69, 9.17) is 9.47 Å². The molecule has 26 heavy (non-hydrogen) atoms. The lowest BCUT2D eigenvalue weighted by Crippen LogP contribution is -2.40. The monoisotopic (exact) mass is 374 g/mol. The molecule has 1 heterocycles. The van der Waals surface area contributed by atoms with Gasteiger partial charge in [-0.15, -0.1) is 11.3 Å². The summed E-state index contributed by atoms with van der Waals surface area (Å²) < 4.78 is 10.7. The number of methoxy groups -OCH3 is 2. The molecule has 1 aliphatic rings. The highest BCUT2D eigenvalue weighted by Crippen LogP contribution is 2.35. The molecule has 0 aliphatic heterocycles. The summed E-state index contributed by atoms with van der Waals surface area (Å²) in [7, 11) is 3.22. The van der Waals surface area contributed by atoms with E-state index in [1.54, 1.807) is 14.2 Å². The number of carbonyl (C=O) groups excluding carboxylic acids is 1. The van der Waals surface area contributed by atoms with Gasteiger partial charge < -0.3 is 14.8 Å². The summed E-state index contributed by atoms with van der Waals surface area (Å²) in [4.78, 5) is 18.1. The van der Waals surface area contributed by atoms with Crippen molar-refractivity contribution in [1.82, 2.24) is 10.3 Å².